The first-order chi connectivity index (χ1) is 13.6. The topological polar surface area (TPSA) is 79.0 Å². The molecule has 1 unspecified atom stereocenters. The molecule has 1 amide bonds. The van der Waals surface area contributed by atoms with E-state index in [1.165, 1.54) is 12.1 Å². The third-order valence-corrected chi connectivity index (χ3v) is 4.93. The molecule has 2 aromatic heterocycles. The third kappa shape index (κ3) is 3.83. The molecule has 0 spiro atoms. The van der Waals surface area contributed by atoms with Gasteiger partial charge in [-0.05, 0) is 30.2 Å². The van der Waals surface area contributed by atoms with Crippen LogP contribution in [0.5, 0.6) is 0 Å². The third-order valence-electron chi connectivity index (χ3n) is 4.93. The fourth-order valence-electron chi connectivity index (χ4n) is 3.45. The quantitative estimate of drug-likeness (QED) is 0.757. The van der Waals surface area contributed by atoms with Gasteiger partial charge in [-0.1, -0.05) is 24.3 Å². The van der Waals surface area contributed by atoms with Crippen molar-refractivity contribution in [2.45, 2.75) is 18.8 Å². The monoisotopic (exact) mass is 378 g/mol. The Bertz CT molecular complexity index is 1050. The molecule has 1 aliphatic heterocycles. The zero-order chi connectivity index (χ0) is 19.5. The molecule has 3 aromatic rings. The number of carbonyl (C=O) groups is 1. The number of rotatable bonds is 4. The van der Waals surface area contributed by atoms with Crippen LogP contribution in [0.25, 0.3) is 11.5 Å². The average molecular weight is 378 g/mol. The van der Waals surface area contributed by atoms with Crippen LogP contribution in [0.3, 0.4) is 0 Å². The highest BCUT2D eigenvalue weighted by atomic mass is 19.1. The van der Waals surface area contributed by atoms with E-state index < -0.39 is 0 Å². The first kappa shape index (κ1) is 18.0. The predicted molar refractivity (Wildman–Crippen MR) is 102 cm³/mol. The number of nitrogens with zero attached hydrogens (tertiary/aromatic N) is 3. The summed E-state index contributed by atoms with van der Waals surface area (Å²) >= 11 is 0. The van der Waals surface area contributed by atoms with Gasteiger partial charge in [-0.3, -0.25) is 14.6 Å². The van der Waals surface area contributed by atoms with Gasteiger partial charge >= 0.3 is 0 Å². The van der Waals surface area contributed by atoms with Gasteiger partial charge < -0.3 is 9.88 Å². The summed E-state index contributed by atoms with van der Waals surface area (Å²) in [5.74, 6) is -0.112. The Labute approximate surface area is 161 Å². The van der Waals surface area contributed by atoms with E-state index in [1.807, 2.05) is 6.07 Å². The zero-order valence-electron chi connectivity index (χ0n) is 15.1. The summed E-state index contributed by atoms with van der Waals surface area (Å²) in [6.07, 6.45) is 2.38. The molecule has 28 heavy (non-hydrogen) atoms. The predicted octanol–water partition coefficient (Wildman–Crippen LogP) is 2.53. The largest absolute Gasteiger partial charge is 0.342 e. The van der Waals surface area contributed by atoms with E-state index in [4.69, 9.17) is 0 Å². The van der Waals surface area contributed by atoms with Crippen molar-refractivity contribution >= 4 is 5.91 Å². The molecule has 1 saturated heterocycles. The number of halogens is 1. The van der Waals surface area contributed by atoms with Crippen molar-refractivity contribution in [3.05, 3.63) is 82.2 Å². The maximum atomic E-state index is 13.8. The van der Waals surface area contributed by atoms with E-state index in [2.05, 4.69) is 15.0 Å². The molecule has 7 heteroatoms. The summed E-state index contributed by atoms with van der Waals surface area (Å²) in [7, 11) is 0. The van der Waals surface area contributed by atoms with Gasteiger partial charge in [0.15, 0.2) is 5.82 Å². The number of H-pyrrole nitrogens is 1. The van der Waals surface area contributed by atoms with Gasteiger partial charge in [0.1, 0.15) is 11.5 Å². The van der Waals surface area contributed by atoms with Crippen LogP contribution in [0, 0.1) is 5.82 Å². The number of pyridine rings is 1. The zero-order valence-corrected chi connectivity index (χ0v) is 15.1. The van der Waals surface area contributed by atoms with Gasteiger partial charge in [-0.25, -0.2) is 9.37 Å². The van der Waals surface area contributed by atoms with Crippen LogP contribution in [-0.4, -0.2) is 38.8 Å². The molecule has 4 rings (SSSR count). The SMILES string of the molecule is O=C(Cc1ccccc1F)N1CCC(c2cc(=O)[nH]c(-c3ccccn3)n2)C1. The molecule has 6 nitrogen and oxygen atoms in total. The molecular weight excluding hydrogens is 359 g/mol. The molecule has 142 valence electrons. The second-order valence-corrected chi connectivity index (χ2v) is 6.83. The van der Waals surface area contributed by atoms with E-state index >= 15 is 0 Å². The Hall–Kier alpha value is -3.35. The Morgan fingerprint density at radius 1 is 1.21 bits per heavy atom. The Balaban J connectivity index is 1.50. The van der Waals surface area contributed by atoms with Gasteiger partial charge in [0.05, 0.1) is 12.1 Å². The summed E-state index contributed by atoms with van der Waals surface area (Å²) in [5.41, 5.74) is 1.38. The van der Waals surface area contributed by atoms with Crippen molar-refractivity contribution < 1.29 is 9.18 Å². The maximum Gasteiger partial charge on any atom is 0.251 e. The number of carbonyl (C=O) groups excluding carboxylic acids is 1. The van der Waals surface area contributed by atoms with Gasteiger partial charge in [-0.15, -0.1) is 0 Å². The molecule has 0 radical (unpaired) electrons. The molecule has 1 aromatic carbocycles. The van der Waals surface area contributed by atoms with Crippen LogP contribution in [0.4, 0.5) is 4.39 Å². The number of aromatic nitrogens is 3. The van der Waals surface area contributed by atoms with Gasteiger partial charge in [0.25, 0.3) is 5.56 Å². The Morgan fingerprint density at radius 3 is 2.82 bits per heavy atom. The lowest BCUT2D eigenvalue weighted by molar-refractivity contribution is -0.129. The summed E-state index contributed by atoms with van der Waals surface area (Å²) in [6, 6.07) is 13.2. The standard InChI is InChI=1S/C21H19FN4O2/c22-16-6-2-1-5-14(16)11-20(28)26-10-8-15(13-26)18-12-19(27)25-21(24-18)17-7-3-4-9-23-17/h1-7,9,12,15H,8,10-11,13H2,(H,24,25,27). The van der Waals surface area contributed by atoms with E-state index in [9.17, 15) is 14.0 Å². The summed E-state index contributed by atoms with van der Waals surface area (Å²) in [4.78, 5) is 37.9. The van der Waals surface area contributed by atoms with E-state index in [1.54, 1.807) is 41.4 Å². The number of hydrogen-bond donors (Lipinski definition) is 1. The highest BCUT2D eigenvalue weighted by Gasteiger charge is 2.29. The molecule has 3 heterocycles. The van der Waals surface area contributed by atoms with Gasteiger partial charge in [0.2, 0.25) is 5.91 Å². The van der Waals surface area contributed by atoms with Crippen molar-refractivity contribution in [3.8, 4) is 11.5 Å². The molecule has 0 saturated carbocycles. The minimum Gasteiger partial charge on any atom is -0.342 e. The lowest BCUT2D eigenvalue weighted by atomic mass is 10.0. The summed E-state index contributed by atoms with van der Waals surface area (Å²) in [5, 5.41) is 0. The normalized spacial score (nSPS) is 16.3. The lowest BCUT2D eigenvalue weighted by Gasteiger charge is -2.17. The number of amides is 1. The first-order valence-electron chi connectivity index (χ1n) is 9.14. The first-order valence-corrected chi connectivity index (χ1v) is 9.14. The number of aromatic amines is 1. The van der Waals surface area contributed by atoms with E-state index in [0.717, 1.165) is 0 Å². The number of hydrogen-bond acceptors (Lipinski definition) is 4. The van der Waals surface area contributed by atoms with Crippen molar-refractivity contribution in [1.82, 2.24) is 19.9 Å². The number of nitrogens with one attached hydrogen (secondary N) is 1. The maximum absolute atomic E-state index is 13.8. The highest BCUT2D eigenvalue weighted by Crippen LogP contribution is 2.26. The second kappa shape index (κ2) is 7.72. The second-order valence-electron chi connectivity index (χ2n) is 6.83. The summed E-state index contributed by atoms with van der Waals surface area (Å²) in [6.45, 7) is 1.02. The van der Waals surface area contributed by atoms with Crippen molar-refractivity contribution in [2.24, 2.45) is 0 Å². The van der Waals surface area contributed by atoms with Crippen molar-refractivity contribution in [3.63, 3.8) is 0 Å². The fourth-order valence-corrected chi connectivity index (χ4v) is 3.45. The molecule has 0 bridgehead atoms. The highest BCUT2D eigenvalue weighted by molar-refractivity contribution is 5.79. The summed E-state index contributed by atoms with van der Waals surface area (Å²) < 4.78 is 13.8. The lowest BCUT2D eigenvalue weighted by Crippen LogP contribution is -2.30. The van der Waals surface area contributed by atoms with Crippen molar-refractivity contribution in [2.75, 3.05) is 13.1 Å². The minimum absolute atomic E-state index is 0.0291. The van der Waals surface area contributed by atoms with Crippen LogP contribution in [0.1, 0.15) is 23.6 Å². The van der Waals surface area contributed by atoms with Crippen LogP contribution < -0.4 is 5.56 Å². The number of likely N-dealkylation sites (tertiary alicyclic amines) is 1. The Kier molecular flexibility index (Phi) is 4.97. The van der Waals surface area contributed by atoms with Crippen LogP contribution in [0.15, 0.2) is 59.5 Å². The smallest absolute Gasteiger partial charge is 0.251 e. The minimum atomic E-state index is -0.372. The van der Waals surface area contributed by atoms with Crippen molar-refractivity contribution in [1.29, 1.82) is 0 Å². The molecule has 0 aliphatic carbocycles. The van der Waals surface area contributed by atoms with Crippen LogP contribution in [-0.2, 0) is 11.2 Å². The Morgan fingerprint density at radius 2 is 2.04 bits per heavy atom. The number of benzene rings is 1. The molecule has 1 aliphatic rings. The van der Waals surface area contributed by atoms with Gasteiger partial charge in [0, 0.05) is 31.3 Å². The van der Waals surface area contributed by atoms with Crippen LogP contribution >= 0.6 is 0 Å². The molecule has 1 N–H and O–H groups in total. The van der Waals surface area contributed by atoms with Crippen LogP contribution in [0.2, 0.25) is 0 Å². The fraction of sp³-hybridized carbons (Fsp3) is 0.238. The van der Waals surface area contributed by atoms with E-state index in [-0.39, 0.29) is 29.6 Å². The van der Waals surface area contributed by atoms with E-state index in [0.29, 0.717) is 42.3 Å². The molecular formula is C21H19FN4O2. The molecule has 1 fully saturated rings. The van der Waals surface area contributed by atoms with Gasteiger partial charge in [-0.2, -0.15) is 0 Å². The molecule has 1 atom stereocenters. The average Bonchev–Trinajstić information content (AvgIpc) is 3.20.